The maximum absolute atomic E-state index is 13.7. The summed E-state index contributed by atoms with van der Waals surface area (Å²) in [6.07, 6.45) is -0.707. The van der Waals surface area contributed by atoms with E-state index in [0.717, 1.165) is 11.8 Å². The Hall–Kier alpha value is -4.93. The van der Waals surface area contributed by atoms with Crippen molar-refractivity contribution < 1.29 is 27.8 Å². The number of halogens is 3. The minimum Gasteiger partial charge on any atom is -0.507 e. The van der Waals surface area contributed by atoms with Crippen LogP contribution in [0.2, 0.25) is 0 Å². The molecule has 0 bridgehead atoms. The monoisotopic (exact) mass is 519 g/mol. The highest BCUT2D eigenvalue weighted by Crippen LogP contribution is 2.36. The highest BCUT2D eigenvalue weighted by molar-refractivity contribution is 5.98. The van der Waals surface area contributed by atoms with Gasteiger partial charge >= 0.3 is 6.18 Å². The minimum absolute atomic E-state index is 0.00362. The predicted molar refractivity (Wildman–Crippen MR) is 133 cm³/mol. The van der Waals surface area contributed by atoms with Gasteiger partial charge in [-0.15, -0.1) is 0 Å². The molecule has 0 aliphatic heterocycles. The van der Waals surface area contributed by atoms with E-state index >= 15 is 0 Å². The Labute approximate surface area is 214 Å². The third-order valence-electron chi connectivity index (χ3n) is 5.89. The van der Waals surface area contributed by atoms with Crippen LogP contribution in [-0.4, -0.2) is 44.2 Å². The fourth-order valence-electron chi connectivity index (χ4n) is 4.06. The summed E-state index contributed by atoms with van der Waals surface area (Å²) in [6, 6.07) is 13.2. The van der Waals surface area contributed by atoms with Crippen LogP contribution in [-0.2, 0) is 0 Å². The van der Waals surface area contributed by atoms with Crippen LogP contribution in [0.15, 0.2) is 79.3 Å². The van der Waals surface area contributed by atoms with Gasteiger partial charge in [0.2, 0.25) is 5.88 Å². The number of amides is 1. The summed E-state index contributed by atoms with van der Waals surface area (Å²) in [4.78, 5) is 28.2. The fraction of sp³-hybridized carbons (Fsp3) is 0.111. The zero-order chi connectivity index (χ0) is 26.9. The molecule has 3 heterocycles. The molecule has 3 aromatic heterocycles. The van der Waals surface area contributed by atoms with E-state index in [4.69, 9.17) is 4.74 Å². The minimum atomic E-state index is -4.72. The van der Waals surface area contributed by atoms with Crippen molar-refractivity contribution in [1.29, 1.82) is 0 Å². The number of imidazole rings is 1. The van der Waals surface area contributed by atoms with Crippen LogP contribution in [0.1, 0.15) is 22.0 Å². The molecular formula is C27H20F3N5O3. The number of hydrogen-bond donors (Lipinski definition) is 3. The van der Waals surface area contributed by atoms with Gasteiger partial charge in [0.25, 0.3) is 5.91 Å². The first-order chi connectivity index (χ1) is 18.2. The van der Waals surface area contributed by atoms with Crippen molar-refractivity contribution in [2.24, 2.45) is 0 Å². The van der Waals surface area contributed by atoms with Gasteiger partial charge in [-0.3, -0.25) is 9.78 Å². The maximum atomic E-state index is 13.7. The van der Waals surface area contributed by atoms with Crippen molar-refractivity contribution in [1.82, 2.24) is 25.3 Å². The average Bonchev–Trinajstić information content (AvgIpc) is 3.35. The molecule has 0 fully saturated rings. The zero-order valence-electron chi connectivity index (χ0n) is 19.8. The number of hydrogen-bond acceptors (Lipinski definition) is 6. The number of nitrogens with one attached hydrogen (secondary N) is 2. The van der Waals surface area contributed by atoms with Gasteiger partial charge in [-0.25, -0.2) is 9.97 Å². The van der Waals surface area contributed by atoms with Crippen LogP contribution in [0, 0.1) is 0 Å². The first-order valence-electron chi connectivity index (χ1n) is 11.3. The predicted octanol–water partition coefficient (Wildman–Crippen LogP) is 5.43. The van der Waals surface area contributed by atoms with Crippen molar-refractivity contribution in [2.75, 3.05) is 7.11 Å². The number of carbonyl (C=O) groups excluding carboxylic acids is 1. The lowest BCUT2D eigenvalue weighted by atomic mass is 10.0. The van der Waals surface area contributed by atoms with Crippen molar-refractivity contribution >= 4 is 16.9 Å². The Morgan fingerprint density at radius 2 is 1.87 bits per heavy atom. The molecule has 0 aliphatic carbocycles. The summed E-state index contributed by atoms with van der Waals surface area (Å²) in [5, 5.41) is 12.6. The van der Waals surface area contributed by atoms with Crippen LogP contribution in [0.25, 0.3) is 33.5 Å². The summed E-state index contributed by atoms with van der Waals surface area (Å²) in [6.45, 7) is 0. The van der Waals surface area contributed by atoms with E-state index in [-0.39, 0.29) is 16.9 Å². The summed E-state index contributed by atoms with van der Waals surface area (Å²) >= 11 is 0. The number of methoxy groups -OCH3 is 1. The fourth-order valence-corrected chi connectivity index (χ4v) is 4.06. The topological polar surface area (TPSA) is 113 Å². The number of phenols is 1. The zero-order valence-corrected chi connectivity index (χ0v) is 19.8. The molecule has 0 saturated heterocycles. The third-order valence-corrected chi connectivity index (χ3v) is 5.89. The Morgan fingerprint density at radius 1 is 1.05 bits per heavy atom. The molecular weight excluding hydrogens is 499 g/mol. The van der Waals surface area contributed by atoms with Crippen molar-refractivity contribution in [2.45, 2.75) is 12.2 Å². The summed E-state index contributed by atoms with van der Waals surface area (Å²) < 4.78 is 46.3. The van der Waals surface area contributed by atoms with Gasteiger partial charge in [-0.2, -0.15) is 13.2 Å². The van der Waals surface area contributed by atoms with Crippen molar-refractivity contribution in [3.05, 3.63) is 90.4 Å². The number of ether oxygens (including phenoxy) is 1. The van der Waals surface area contributed by atoms with E-state index in [1.54, 1.807) is 24.4 Å². The van der Waals surface area contributed by atoms with E-state index < -0.39 is 18.1 Å². The standard InChI is InChI=1S/C27H20F3N5O3/c1-38-26-18(5-3-11-32-26)15-7-9-22(36)19(12-15)24-33-20-8-6-16(13-21(20)34-24)25(37)35-23(27(28,29)30)17-4-2-10-31-14-17/h2-14,23,36H,1H3,(H,33,34)(H,35,37). The quantitative estimate of drug-likeness (QED) is 0.276. The molecule has 2 aromatic carbocycles. The smallest absolute Gasteiger partial charge is 0.412 e. The van der Waals surface area contributed by atoms with Gasteiger partial charge in [-0.1, -0.05) is 12.1 Å². The Bertz CT molecular complexity index is 1620. The second kappa shape index (κ2) is 9.85. The van der Waals surface area contributed by atoms with Crippen LogP contribution in [0.4, 0.5) is 13.2 Å². The van der Waals surface area contributed by atoms with Gasteiger partial charge in [0, 0.05) is 35.3 Å². The van der Waals surface area contributed by atoms with Gasteiger partial charge in [0.15, 0.2) is 6.04 Å². The number of phenolic OH excluding ortho intramolecular Hbond substituents is 1. The van der Waals surface area contributed by atoms with Gasteiger partial charge in [0.05, 0.1) is 23.7 Å². The molecule has 1 amide bonds. The largest absolute Gasteiger partial charge is 0.507 e. The second-order valence-corrected chi connectivity index (χ2v) is 8.34. The van der Waals surface area contributed by atoms with Crippen molar-refractivity contribution in [3.63, 3.8) is 0 Å². The number of aromatic hydroxyl groups is 1. The Morgan fingerprint density at radius 3 is 2.61 bits per heavy atom. The van der Waals surface area contributed by atoms with Crippen LogP contribution < -0.4 is 10.1 Å². The number of carbonyl (C=O) groups is 1. The maximum Gasteiger partial charge on any atom is 0.412 e. The first-order valence-corrected chi connectivity index (χ1v) is 11.3. The Kier molecular flexibility index (Phi) is 6.41. The molecule has 5 aromatic rings. The number of H-pyrrole nitrogens is 1. The summed E-state index contributed by atoms with van der Waals surface area (Å²) in [5.41, 5.74) is 2.49. The lowest BCUT2D eigenvalue weighted by molar-refractivity contribution is -0.155. The highest BCUT2D eigenvalue weighted by atomic mass is 19.4. The number of benzene rings is 2. The lowest BCUT2D eigenvalue weighted by Crippen LogP contribution is -2.38. The van der Waals surface area contributed by atoms with Crippen LogP contribution in [0.5, 0.6) is 11.6 Å². The number of nitrogens with zero attached hydrogens (tertiary/aromatic N) is 3. The molecule has 1 unspecified atom stereocenters. The molecule has 38 heavy (non-hydrogen) atoms. The molecule has 0 saturated carbocycles. The summed E-state index contributed by atoms with van der Waals surface area (Å²) in [5.74, 6) is -0.239. The number of alkyl halides is 3. The molecule has 8 nitrogen and oxygen atoms in total. The molecule has 0 aliphatic rings. The molecule has 192 valence electrons. The summed E-state index contributed by atoms with van der Waals surface area (Å²) in [7, 11) is 1.51. The van der Waals surface area contributed by atoms with Crippen molar-refractivity contribution in [3.8, 4) is 34.1 Å². The molecule has 0 radical (unpaired) electrons. The van der Waals surface area contributed by atoms with E-state index in [9.17, 15) is 23.1 Å². The lowest BCUT2D eigenvalue weighted by Gasteiger charge is -2.21. The van der Waals surface area contributed by atoms with Gasteiger partial charge < -0.3 is 20.1 Å². The van der Waals surface area contributed by atoms with E-state index in [1.807, 2.05) is 11.4 Å². The van der Waals surface area contributed by atoms with Gasteiger partial charge in [0.1, 0.15) is 11.6 Å². The number of fused-ring (bicyclic) bond motifs is 1. The number of rotatable bonds is 6. The molecule has 5 rings (SSSR count). The van der Waals surface area contributed by atoms with E-state index in [2.05, 4.69) is 19.9 Å². The van der Waals surface area contributed by atoms with Crippen LogP contribution in [0.3, 0.4) is 0 Å². The van der Waals surface area contributed by atoms with E-state index in [0.29, 0.717) is 33.9 Å². The first kappa shape index (κ1) is 24.8. The molecule has 1 atom stereocenters. The van der Waals surface area contributed by atoms with E-state index in [1.165, 1.54) is 49.7 Å². The number of pyridine rings is 2. The molecule has 3 N–H and O–H groups in total. The third kappa shape index (κ3) is 4.85. The second-order valence-electron chi connectivity index (χ2n) is 8.34. The Balaban J connectivity index is 1.47. The van der Waals surface area contributed by atoms with Gasteiger partial charge in [-0.05, 0) is 54.1 Å². The highest BCUT2D eigenvalue weighted by Gasteiger charge is 2.42. The average molecular weight is 519 g/mol. The normalized spacial score (nSPS) is 12.3. The van der Waals surface area contributed by atoms with Crippen LogP contribution >= 0.6 is 0 Å². The number of aromatic nitrogens is 4. The molecule has 11 heteroatoms. The number of aromatic amines is 1. The molecule has 0 spiro atoms. The SMILES string of the molecule is COc1ncccc1-c1ccc(O)c(-c2nc3ccc(C(=O)NC(c4cccnc4)C(F)(F)F)cc3[nH]2)c1.